The molecule has 3 rings (SSSR count). The number of carbonyl (C=O) groups is 1. The molecule has 0 aliphatic heterocycles. The molecular formula is C23H20O2. The average Bonchev–Trinajstić information content (AvgIpc) is 2.66. The van der Waals surface area contributed by atoms with Crippen LogP contribution in [-0.2, 0) is 4.74 Å². The molecule has 0 saturated carbocycles. The molecule has 0 unspecified atom stereocenters. The standard InChI is InChI=1S/C23H20O2/c1-17(15-18-10-13-21(14-11-18)23(24)25-2)7-8-19-9-12-20-5-3-4-6-22(20)16-19/h3-16H,1-2H3/b8-7+,17-15+. The van der Waals surface area contributed by atoms with Gasteiger partial charge in [0.2, 0.25) is 0 Å². The van der Waals surface area contributed by atoms with E-state index >= 15 is 0 Å². The lowest BCUT2D eigenvalue weighted by Crippen LogP contribution is -2.00. The molecule has 0 radical (unpaired) electrons. The van der Waals surface area contributed by atoms with Crippen molar-refractivity contribution in [2.24, 2.45) is 0 Å². The molecule has 0 N–H and O–H groups in total. The number of hydrogen-bond acceptors (Lipinski definition) is 2. The second-order valence-electron chi connectivity index (χ2n) is 5.94. The third-order valence-electron chi connectivity index (χ3n) is 4.04. The molecule has 124 valence electrons. The molecule has 0 saturated heterocycles. The second-order valence-corrected chi connectivity index (χ2v) is 5.94. The zero-order valence-electron chi connectivity index (χ0n) is 14.4. The van der Waals surface area contributed by atoms with E-state index in [2.05, 4.69) is 67.6 Å². The van der Waals surface area contributed by atoms with E-state index in [4.69, 9.17) is 4.74 Å². The minimum Gasteiger partial charge on any atom is -0.465 e. The summed E-state index contributed by atoms with van der Waals surface area (Å²) in [7, 11) is 1.39. The van der Waals surface area contributed by atoms with Crippen LogP contribution < -0.4 is 0 Å². The Labute approximate surface area is 148 Å². The molecule has 0 bridgehead atoms. The van der Waals surface area contributed by atoms with Crippen molar-refractivity contribution in [3.05, 3.63) is 95.1 Å². The number of fused-ring (bicyclic) bond motifs is 1. The van der Waals surface area contributed by atoms with Crippen LogP contribution in [0.25, 0.3) is 22.9 Å². The first-order valence-corrected chi connectivity index (χ1v) is 8.19. The Morgan fingerprint density at radius 1 is 0.880 bits per heavy atom. The maximum Gasteiger partial charge on any atom is 0.337 e. The highest BCUT2D eigenvalue weighted by atomic mass is 16.5. The zero-order chi connectivity index (χ0) is 17.6. The van der Waals surface area contributed by atoms with Crippen molar-refractivity contribution in [2.75, 3.05) is 7.11 Å². The van der Waals surface area contributed by atoms with Gasteiger partial charge in [-0.15, -0.1) is 0 Å². The third kappa shape index (κ3) is 4.24. The Balaban J connectivity index is 1.75. The maximum absolute atomic E-state index is 11.5. The van der Waals surface area contributed by atoms with Crippen LogP contribution in [0.1, 0.15) is 28.4 Å². The van der Waals surface area contributed by atoms with Gasteiger partial charge >= 0.3 is 5.97 Å². The maximum atomic E-state index is 11.5. The van der Waals surface area contributed by atoms with Gasteiger partial charge in [-0.3, -0.25) is 0 Å². The molecule has 0 amide bonds. The number of rotatable bonds is 4. The van der Waals surface area contributed by atoms with Crippen LogP contribution in [-0.4, -0.2) is 13.1 Å². The summed E-state index contributed by atoms with van der Waals surface area (Å²) in [5.41, 5.74) is 3.92. The Hall–Kier alpha value is -3.13. The summed E-state index contributed by atoms with van der Waals surface area (Å²) in [6.07, 6.45) is 6.29. The number of benzene rings is 3. The van der Waals surface area contributed by atoms with Crippen LogP contribution in [0.2, 0.25) is 0 Å². The van der Waals surface area contributed by atoms with Gasteiger partial charge in [-0.05, 0) is 47.0 Å². The lowest BCUT2D eigenvalue weighted by Gasteiger charge is -2.01. The summed E-state index contributed by atoms with van der Waals surface area (Å²) < 4.78 is 4.71. The molecule has 0 atom stereocenters. The third-order valence-corrected chi connectivity index (χ3v) is 4.04. The van der Waals surface area contributed by atoms with Gasteiger partial charge in [0.05, 0.1) is 12.7 Å². The fraction of sp³-hybridized carbons (Fsp3) is 0.0870. The van der Waals surface area contributed by atoms with E-state index in [0.29, 0.717) is 5.56 Å². The second kappa shape index (κ2) is 7.63. The van der Waals surface area contributed by atoms with Crippen LogP contribution in [0.15, 0.2) is 78.4 Å². The highest BCUT2D eigenvalue weighted by molar-refractivity contribution is 5.89. The molecule has 0 aliphatic rings. The number of carbonyl (C=O) groups excluding carboxylic acids is 1. The smallest absolute Gasteiger partial charge is 0.337 e. The lowest BCUT2D eigenvalue weighted by atomic mass is 10.1. The van der Waals surface area contributed by atoms with E-state index < -0.39 is 0 Å². The molecule has 2 nitrogen and oxygen atoms in total. The number of allylic oxidation sites excluding steroid dienone is 2. The Morgan fingerprint density at radius 3 is 2.28 bits per heavy atom. The number of esters is 1. The SMILES string of the molecule is COC(=O)c1ccc(/C=C(C)/C=C/c2ccc3ccccc3c2)cc1. The summed E-state index contributed by atoms with van der Waals surface area (Å²) >= 11 is 0. The van der Waals surface area contributed by atoms with Gasteiger partial charge < -0.3 is 4.74 Å². The van der Waals surface area contributed by atoms with Gasteiger partial charge in [0.25, 0.3) is 0 Å². The van der Waals surface area contributed by atoms with E-state index in [1.807, 2.05) is 12.1 Å². The van der Waals surface area contributed by atoms with Crippen molar-refractivity contribution in [3.63, 3.8) is 0 Å². The zero-order valence-corrected chi connectivity index (χ0v) is 14.4. The molecule has 2 heteroatoms. The first-order valence-electron chi connectivity index (χ1n) is 8.19. The minimum atomic E-state index is -0.316. The molecule has 0 aromatic heterocycles. The predicted molar refractivity (Wildman–Crippen MR) is 104 cm³/mol. The van der Waals surface area contributed by atoms with Crippen molar-refractivity contribution < 1.29 is 9.53 Å². The first-order chi connectivity index (χ1) is 12.2. The van der Waals surface area contributed by atoms with Crippen LogP contribution in [0, 0.1) is 0 Å². The number of hydrogen-bond donors (Lipinski definition) is 0. The summed E-state index contributed by atoms with van der Waals surface area (Å²) in [6.45, 7) is 2.06. The monoisotopic (exact) mass is 328 g/mol. The van der Waals surface area contributed by atoms with E-state index in [1.54, 1.807) is 12.1 Å². The molecule has 3 aromatic carbocycles. The average molecular weight is 328 g/mol. The van der Waals surface area contributed by atoms with E-state index in [-0.39, 0.29) is 5.97 Å². The molecule has 25 heavy (non-hydrogen) atoms. The molecule has 0 spiro atoms. The van der Waals surface area contributed by atoms with Gasteiger partial charge in [-0.1, -0.05) is 72.3 Å². The Kier molecular flexibility index (Phi) is 5.10. The highest BCUT2D eigenvalue weighted by Gasteiger charge is 2.03. The largest absolute Gasteiger partial charge is 0.465 e. The van der Waals surface area contributed by atoms with Gasteiger partial charge in [0.15, 0.2) is 0 Å². The summed E-state index contributed by atoms with van der Waals surface area (Å²) in [5.74, 6) is -0.316. The Morgan fingerprint density at radius 2 is 1.56 bits per heavy atom. The molecular weight excluding hydrogens is 308 g/mol. The number of ether oxygens (including phenoxy) is 1. The first kappa shape index (κ1) is 16.7. The summed E-state index contributed by atoms with van der Waals surface area (Å²) in [6, 6.07) is 22.2. The van der Waals surface area contributed by atoms with Crippen molar-refractivity contribution in [1.82, 2.24) is 0 Å². The molecule has 0 heterocycles. The molecule has 3 aromatic rings. The van der Waals surface area contributed by atoms with E-state index in [9.17, 15) is 4.79 Å². The molecule has 0 aliphatic carbocycles. The quantitative estimate of drug-likeness (QED) is 0.451. The fourth-order valence-electron chi connectivity index (χ4n) is 2.68. The van der Waals surface area contributed by atoms with Crippen molar-refractivity contribution >= 4 is 28.9 Å². The van der Waals surface area contributed by atoms with Crippen molar-refractivity contribution in [3.8, 4) is 0 Å². The normalized spacial score (nSPS) is 11.8. The fourth-order valence-corrected chi connectivity index (χ4v) is 2.68. The van der Waals surface area contributed by atoms with Crippen LogP contribution >= 0.6 is 0 Å². The molecule has 0 fully saturated rings. The van der Waals surface area contributed by atoms with Crippen LogP contribution in [0.5, 0.6) is 0 Å². The van der Waals surface area contributed by atoms with Gasteiger partial charge in [0.1, 0.15) is 0 Å². The van der Waals surface area contributed by atoms with Crippen molar-refractivity contribution in [2.45, 2.75) is 6.92 Å². The number of methoxy groups -OCH3 is 1. The van der Waals surface area contributed by atoms with Gasteiger partial charge in [-0.2, -0.15) is 0 Å². The summed E-state index contributed by atoms with van der Waals surface area (Å²) in [5, 5.41) is 2.49. The predicted octanol–water partition coefficient (Wildman–Crippen LogP) is 5.74. The van der Waals surface area contributed by atoms with Gasteiger partial charge in [0, 0.05) is 0 Å². The van der Waals surface area contributed by atoms with Crippen LogP contribution in [0.3, 0.4) is 0 Å². The van der Waals surface area contributed by atoms with E-state index in [0.717, 1.165) is 11.1 Å². The Bertz CT molecular complexity index is 947. The van der Waals surface area contributed by atoms with Crippen molar-refractivity contribution in [1.29, 1.82) is 0 Å². The topological polar surface area (TPSA) is 26.3 Å². The summed E-state index contributed by atoms with van der Waals surface area (Å²) in [4.78, 5) is 11.5. The lowest BCUT2D eigenvalue weighted by molar-refractivity contribution is 0.0600. The van der Waals surface area contributed by atoms with Gasteiger partial charge in [-0.25, -0.2) is 4.79 Å². The minimum absolute atomic E-state index is 0.316. The van der Waals surface area contributed by atoms with E-state index in [1.165, 1.54) is 23.4 Å². The van der Waals surface area contributed by atoms with Crippen LogP contribution in [0.4, 0.5) is 0 Å². The highest BCUT2D eigenvalue weighted by Crippen LogP contribution is 2.17.